The molecule has 78 valence electrons. The molecule has 6 nitrogen and oxygen atoms in total. The Morgan fingerprint density at radius 2 is 2.47 bits per heavy atom. The number of hydrogen-bond donors (Lipinski definition) is 2. The lowest BCUT2D eigenvalue weighted by Crippen LogP contribution is -2.34. The van der Waals surface area contributed by atoms with Crippen LogP contribution in [0.2, 0.25) is 0 Å². The van der Waals surface area contributed by atoms with Gasteiger partial charge < -0.3 is 10.4 Å². The Hall–Kier alpha value is -1.69. The van der Waals surface area contributed by atoms with Crippen molar-refractivity contribution in [2.75, 3.05) is 18.5 Å². The summed E-state index contributed by atoms with van der Waals surface area (Å²) in [6.07, 6.45) is 3.54. The fourth-order valence-corrected chi connectivity index (χ4v) is 1.99. The second-order valence-corrected chi connectivity index (χ2v) is 3.55. The highest BCUT2D eigenvalue weighted by atomic mass is 16.3. The van der Waals surface area contributed by atoms with E-state index in [1.54, 1.807) is 6.33 Å². The van der Waals surface area contributed by atoms with Crippen LogP contribution in [0.5, 0.6) is 0 Å². The Labute approximate surface area is 86.2 Å². The summed E-state index contributed by atoms with van der Waals surface area (Å²) in [6.45, 7) is 2.48. The van der Waals surface area contributed by atoms with Crippen molar-refractivity contribution in [1.29, 1.82) is 0 Å². The highest BCUT2D eigenvalue weighted by Crippen LogP contribution is 2.19. The lowest BCUT2D eigenvalue weighted by Gasteiger charge is -2.10. The highest BCUT2D eigenvalue weighted by molar-refractivity contribution is 5.81. The minimum Gasteiger partial charge on any atom is -0.393 e. The number of nitrogens with zero attached hydrogens (tertiary/aromatic N) is 4. The van der Waals surface area contributed by atoms with Crippen LogP contribution in [0.3, 0.4) is 0 Å². The molecule has 0 saturated heterocycles. The van der Waals surface area contributed by atoms with Crippen LogP contribution in [0.4, 0.5) is 5.82 Å². The van der Waals surface area contributed by atoms with Gasteiger partial charge in [-0.25, -0.2) is 4.57 Å². The van der Waals surface area contributed by atoms with E-state index in [0.29, 0.717) is 6.54 Å². The number of imidazole rings is 1. The minimum absolute atomic E-state index is 0.122. The molecule has 0 bridgehead atoms. The van der Waals surface area contributed by atoms with Crippen molar-refractivity contribution in [3.05, 3.63) is 12.7 Å². The lowest BCUT2D eigenvalue weighted by atomic mass is 10.4. The molecule has 6 heteroatoms. The Balaban J connectivity index is 2.29. The van der Waals surface area contributed by atoms with E-state index in [2.05, 4.69) is 19.9 Å². The van der Waals surface area contributed by atoms with Crippen LogP contribution in [-0.2, 0) is 13.1 Å². The molecule has 2 aromatic heterocycles. The minimum atomic E-state index is 0.122. The molecule has 0 radical (unpaired) electrons. The summed E-state index contributed by atoms with van der Waals surface area (Å²) in [7, 11) is 0. The fraction of sp³-hybridized carbons (Fsp3) is 0.444. The molecule has 1 aliphatic heterocycles. The van der Waals surface area contributed by atoms with Crippen LogP contribution in [0.15, 0.2) is 12.7 Å². The van der Waals surface area contributed by atoms with Crippen LogP contribution in [0.25, 0.3) is 11.2 Å². The molecule has 3 heterocycles. The smallest absolute Gasteiger partial charge is 0.307 e. The molecule has 0 saturated carbocycles. The molecule has 3 rings (SSSR count). The van der Waals surface area contributed by atoms with Gasteiger partial charge in [0.2, 0.25) is 5.52 Å². The summed E-state index contributed by atoms with van der Waals surface area (Å²) < 4.78 is 4.07. The van der Waals surface area contributed by atoms with E-state index in [1.165, 1.54) is 0 Å². The average molecular weight is 206 g/mol. The Kier molecular flexibility index (Phi) is 1.81. The third kappa shape index (κ3) is 1.18. The van der Waals surface area contributed by atoms with E-state index in [9.17, 15) is 0 Å². The van der Waals surface area contributed by atoms with Crippen molar-refractivity contribution < 1.29 is 9.67 Å². The van der Waals surface area contributed by atoms with Crippen LogP contribution in [0, 0.1) is 0 Å². The molecular weight excluding hydrogens is 194 g/mol. The highest BCUT2D eigenvalue weighted by Gasteiger charge is 2.23. The predicted octanol–water partition coefficient (Wildman–Crippen LogP) is -0.863. The molecule has 0 aliphatic carbocycles. The van der Waals surface area contributed by atoms with Crippen LogP contribution < -0.4 is 9.88 Å². The number of aromatic nitrogens is 4. The van der Waals surface area contributed by atoms with Crippen molar-refractivity contribution in [2.45, 2.75) is 13.1 Å². The number of aliphatic hydroxyl groups is 1. The first-order valence-electron chi connectivity index (χ1n) is 4.98. The van der Waals surface area contributed by atoms with Crippen molar-refractivity contribution in [1.82, 2.24) is 14.5 Å². The largest absolute Gasteiger partial charge is 0.393 e. The van der Waals surface area contributed by atoms with Gasteiger partial charge in [-0.2, -0.15) is 4.98 Å². The van der Waals surface area contributed by atoms with Gasteiger partial charge in [-0.15, -0.1) is 0 Å². The van der Waals surface area contributed by atoms with Crippen molar-refractivity contribution in [3.8, 4) is 0 Å². The number of aliphatic hydroxyl groups excluding tert-OH is 1. The van der Waals surface area contributed by atoms with E-state index < -0.39 is 0 Å². The van der Waals surface area contributed by atoms with Crippen molar-refractivity contribution in [3.63, 3.8) is 0 Å². The summed E-state index contributed by atoms with van der Waals surface area (Å²) in [5.74, 6) is 0.878. The first-order valence-corrected chi connectivity index (χ1v) is 4.98. The van der Waals surface area contributed by atoms with E-state index in [1.807, 2.05) is 10.9 Å². The van der Waals surface area contributed by atoms with Gasteiger partial charge in [0.05, 0.1) is 19.7 Å². The van der Waals surface area contributed by atoms with Gasteiger partial charge in [0.1, 0.15) is 0 Å². The molecule has 0 amide bonds. The molecular formula is C9H12N5O+. The summed E-state index contributed by atoms with van der Waals surface area (Å²) in [5.41, 5.74) is 1.90. The van der Waals surface area contributed by atoms with Crippen molar-refractivity contribution in [2.24, 2.45) is 0 Å². The summed E-state index contributed by atoms with van der Waals surface area (Å²) in [6, 6.07) is 0. The van der Waals surface area contributed by atoms with E-state index in [-0.39, 0.29) is 6.61 Å². The summed E-state index contributed by atoms with van der Waals surface area (Å²) in [5, 5.41) is 12.2. The Morgan fingerprint density at radius 1 is 1.53 bits per heavy atom. The maximum Gasteiger partial charge on any atom is 0.307 e. The fourth-order valence-electron chi connectivity index (χ4n) is 1.99. The zero-order valence-corrected chi connectivity index (χ0v) is 8.22. The standard InChI is InChI=1S/C9H12N5O/c15-4-3-14-6-13-2-1-10-8-7(13)9(14)12-5-11-8/h5-6,15H,1-4H2,(H,10,11,12)/q+1. The van der Waals surface area contributed by atoms with E-state index >= 15 is 0 Å². The molecule has 15 heavy (non-hydrogen) atoms. The van der Waals surface area contributed by atoms with Crippen LogP contribution in [-0.4, -0.2) is 32.8 Å². The van der Waals surface area contributed by atoms with Gasteiger partial charge in [-0.1, -0.05) is 4.98 Å². The molecule has 0 unspecified atom stereocenters. The third-order valence-electron chi connectivity index (χ3n) is 2.63. The molecule has 0 fully saturated rings. The van der Waals surface area contributed by atoms with Gasteiger partial charge in [-0.05, 0) is 0 Å². The molecule has 2 aromatic rings. The first-order chi connectivity index (χ1) is 7.40. The number of anilines is 1. The normalized spacial score (nSPS) is 14.2. The number of nitrogens with one attached hydrogen (secondary N) is 1. The van der Waals surface area contributed by atoms with E-state index in [0.717, 1.165) is 30.1 Å². The second kappa shape index (κ2) is 3.16. The lowest BCUT2D eigenvalue weighted by molar-refractivity contribution is -0.675. The predicted molar refractivity (Wildman–Crippen MR) is 53.3 cm³/mol. The van der Waals surface area contributed by atoms with Crippen molar-refractivity contribution >= 4 is 17.0 Å². The third-order valence-corrected chi connectivity index (χ3v) is 2.63. The number of hydrogen-bond acceptors (Lipinski definition) is 4. The topological polar surface area (TPSA) is 66.8 Å². The molecule has 1 aliphatic rings. The summed E-state index contributed by atoms with van der Waals surface area (Å²) >= 11 is 0. The summed E-state index contributed by atoms with van der Waals surface area (Å²) in [4.78, 5) is 8.44. The van der Waals surface area contributed by atoms with E-state index in [4.69, 9.17) is 5.11 Å². The second-order valence-electron chi connectivity index (χ2n) is 3.55. The quantitative estimate of drug-likeness (QED) is 0.627. The van der Waals surface area contributed by atoms with Crippen LogP contribution >= 0.6 is 0 Å². The van der Waals surface area contributed by atoms with Gasteiger partial charge in [-0.3, -0.25) is 4.57 Å². The zero-order valence-electron chi connectivity index (χ0n) is 8.22. The number of rotatable bonds is 2. The van der Waals surface area contributed by atoms with Gasteiger partial charge >= 0.3 is 5.65 Å². The monoisotopic (exact) mass is 206 g/mol. The maximum atomic E-state index is 8.96. The average Bonchev–Trinajstić information content (AvgIpc) is 2.61. The van der Waals surface area contributed by atoms with Crippen LogP contribution in [0.1, 0.15) is 0 Å². The SMILES string of the molecule is OCC[n+]1cn2c3c(ncnc31)NCC2. The van der Waals surface area contributed by atoms with Gasteiger partial charge in [0, 0.05) is 6.54 Å². The van der Waals surface area contributed by atoms with Gasteiger partial charge in [0.25, 0.3) is 0 Å². The molecule has 2 N–H and O–H groups in total. The first kappa shape index (κ1) is 8.60. The molecule has 0 spiro atoms. The van der Waals surface area contributed by atoms with Gasteiger partial charge in [0.15, 0.2) is 18.5 Å². The zero-order chi connectivity index (χ0) is 10.3. The Bertz CT molecular complexity index is 506. The maximum absolute atomic E-state index is 8.96. The molecule has 0 atom stereocenters. The Morgan fingerprint density at radius 3 is 3.33 bits per heavy atom. The molecule has 0 aromatic carbocycles.